The van der Waals surface area contributed by atoms with Crippen LogP contribution < -0.4 is 4.74 Å². The van der Waals surface area contributed by atoms with E-state index in [1.54, 1.807) is 0 Å². The number of rotatable bonds is 4. The maximum Gasteiger partial charge on any atom is 0.217 e. The summed E-state index contributed by atoms with van der Waals surface area (Å²) in [6, 6.07) is 1.88. The van der Waals surface area contributed by atoms with Gasteiger partial charge in [-0.15, -0.1) is 0 Å². The highest BCUT2D eigenvalue weighted by Gasteiger charge is 2.27. The molecule has 4 heteroatoms. The molecule has 0 bridgehead atoms. The van der Waals surface area contributed by atoms with Crippen molar-refractivity contribution >= 4 is 15.9 Å². The SMILES string of the molecule is Brc1cc(OCC2CCCCC2)nc(C2CC2)n1. The highest BCUT2D eigenvalue weighted by atomic mass is 79.9. The predicted octanol–water partition coefficient (Wildman–Crippen LogP) is 4.08. The second-order valence-electron chi connectivity index (χ2n) is 5.48. The molecule has 2 aliphatic rings. The highest BCUT2D eigenvalue weighted by molar-refractivity contribution is 9.10. The van der Waals surface area contributed by atoms with Crippen LogP contribution in [-0.4, -0.2) is 16.6 Å². The van der Waals surface area contributed by atoms with E-state index in [1.807, 2.05) is 6.07 Å². The smallest absolute Gasteiger partial charge is 0.217 e. The molecule has 3 rings (SSSR count). The highest BCUT2D eigenvalue weighted by Crippen LogP contribution is 2.39. The summed E-state index contributed by atoms with van der Waals surface area (Å²) in [5.41, 5.74) is 0. The Bertz CT molecular complexity index is 414. The van der Waals surface area contributed by atoms with Crippen molar-refractivity contribution in [2.75, 3.05) is 6.61 Å². The fourth-order valence-corrected chi connectivity index (χ4v) is 2.95. The molecule has 0 aromatic carbocycles. The van der Waals surface area contributed by atoms with Crippen molar-refractivity contribution in [3.05, 3.63) is 16.5 Å². The van der Waals surface area contributed by atoms with Crippen LogP contribution in [0, 0.1) is 5.92 Å². The van der Waals surface area contributed by atoms with Crippen molar-refractivity contribution in [1.29, 1.82) is 0 Å². The molecule has 1 aromatic heterocycles. The molecule has 2 fully saturated rings. The fourth-order valence-electron chi connectivity index (χ4n) is 2.57. The second kappa shape index (κ2) is 5.55. The van der Waals surface area contributed by atoms with Crippen LogP contribution in [0.5, 0.6) is 5.88 Å². The molecule has 0 aliphatic heterocycles. The Hall–Kier alpha value is -0.640. The van der Waals surface area contributed by atoms with E-state index >= 15 is 0 Å². The van der Waals surface area contributed by atoms with E-state index < -0.39 is 0 Å². The summed E-state index contributed by atoms with van der Waals surface area (Å²) in [6.07, 6.45) is 9.16. The molecular formula is C14H19BrN2O. The van der Waals surface area contributed by atoms with Gasteiger partial charge >= 0.3 is 0 Å². The average molecular weight is 311 g/mol. The summed E-state index contributed by atoms with van der Waals surface area (Å²) in [7, 11) is 0. The first-order chi connectivity index (χ1) is 8.81. The molecule has 0 spiro atoms. The standard InChI is InChI=1S/C14H19BrN2O/c15-12-8-13(17-14(16-12)11-6-7-11)18-9-10-4-2-1-3-5-10/h8,10-11H,1-7,9H2. The van der Waals surface area contributed by atoms with Crippen molar-refractivity contribution in [3.8, 4) is 5.88 Å². The Morgan fingerprint density at radius 1 is 1.11 bits per heavy atom. The van der Waals surface area contributed by atoms with E-state index in [4.69, 9.17) is 4.74 Å². The topological polar surface area (TPSA) is 35.0 Å². The molecule has 98 valence electrons. The number of aromatic nitrogens is 2. The lowest BCUT2D eigenvalue weighted by Gasteiger charge is -2.21. The molecule has 0 saturated heterocycles. The first-order valence-electron chi connectivity index (χ1n) is 6.98. The molecule has 0 atom stereocenters. The van der Waals surface area contributed by atoms with Crippen LogP contribution in [0.4, 0.5) is 0 Å². The van der Waals surface area contributed by atoms with Gasteiger partial charge in [0.2, 0.25) is 5.88 Å². The zero-order chi connectivity index (χ0) is 12.4. The predicted molar refractivity (Wildman–Crippen MR) is 73.8 cm³/mol. The molecular weight excluding hydrogens is 292 g/mol. The van der Waals surface area contributed by atoms with Gasteiger partial charge in [0, 0.05) is 12.0 Å². The Labute approximate surface area is 116 Å². The monoisotopic (exact) mass is 310 g/mol. The normalized spacial score (nSPS) is 20.9. The van der Waals surface area contributed by atoms with Gasteiger partial charge < -0.3 is 4.74 Å². The minimum atomic E-state index is 0.569. The zero-order valence-corrected chi connectivity index (χ0v) is 12.2. The average Bonchev–Trinajstić information content (AvgIpc) is 3.21. The Balaban J connectivity index is 1.60. The first-order valence-corrected chi connectivity index (χ1v) is 7.78. The fraction of sp³-hybridized carbons (Fsp3) is 0.714. The largest absolute Gasteiger partial charge is 0.477 e. The maximum atomic E-state index is 5.86. The molecule has 0 N–H and O–H groups in total. The molecule has 0 unspecified atom stereocenters. The summed E-state index contributed by atoms with van der Waals surface area (Å²) in [5.74, 6) is 2.98. The molecule has 1 aromatic rings. The third kappa shape index (κ3) is 3.22. The lowest BCUT2D eigenvalue weighted by atomic mass is 9.90. The van der Waals surface area contributed by atoms with E-state index in [2.05, 4.69) is 25.9 Å². The van der Waals surface area contributed by atoms with E-state index in [1.165, 1.54) is 44.9 Å². The Kier molecular flexibility index (Phi) is 3.83. The van der Waals surface area contributed by atoms with Crippen LogP contribution >= 0.6 is 15.9 Å². The lowest BCUT2D eigenvalue weighted by Crippen LogP contribution is -2.16. The van der Waals surface area contributed by atoms with E-state index in [9.17, 15) is 0 Å². The van der Waals surface area contributed by atoms with Gasteiger partial charge in [-0.25, -0.2) is 4.98 Å². The summed E-state index contributed by atoms with van der Waals surface area (Å²) in [6.45, 7) is 0.813. The van der Waals surface area contributed by atoms with Crippen LogP contribution in [0.2, 0.25) is 0 Å². The van der Waals surface area contributed by atoms with E-state index in [0.29, 0.717) is 5.92 Å². The summed E-state index contributed by atoms with van der Waals surface area (Å²) in [4.78, 5) is 8.93. The van der Waals surface area contributed by atoms with Gasteiger partial charge in [-0.05, 0) is 47.5 Å². The number of halogens is 1. The van der Waals surface area contributed by atoms with Gasteiger partial charge in [0.05, 0.1) is 6.61 Å². The third-order valence-corrected chi connectivity index (χ3v) is 4.23. The molecule has 3 nitrogen and oxygen atoms in total. The third-order valence-electron chi connectivity index (χ3n) is 3.82. The van der Waals surface area contributed by atoms with Crippen LogP contribution in [0.1, 0.15) is 56.7 Å². The summed E-state index contributed by atoms with van der Waals surface area (Å²) < 4.78 is 6.71. The van der Waals surface area contributed by atoms with Gasteiger partial charge in [0.25, 0.3) is 0 Å². The van der Waals surface area contributed by atoms with E-state index in [0.717, 1.165) is 28.8 Å². The number of hydrogen-bond acceptors (Lipinski definition) is 3. The van der Waals surface area contributed by atoms with E-state index in [-0.39, 0.29) is 0 Å². The second-order valence-corrected chi connectivity index (χ2v) is 6.29. The van der Waals surface area contributed by atoms with Crippen molar-refractivity contribution in [1.82, 2.24) is 9.97 Å². The van der Waals surface area contributed by atoms with Crippen molar-refractivity contribution in [3.63, 3.8) is 0 Å². The summed E-state index contributed by atoms with van der Waals surface area (Å²) >= 11 is 3.44. The quantitative estimate of drug-likeness (QED) is 0.786. The Morgan fingerprint density at radius 3 is 2.61 bits per heavy atom. The van der Waals surface area contributed by atoms with Gasteiger partial charge in [-0.1, -0.05) is 19.3 Å². The Morgan fingerprint density at radius 2 is 1.89 bits per heavy atom. The maximum absolute atomic E-state index is 5.86. The van der Waals surface area contributed by atoms with Crippen LogP contribution in [0.3, 0.4) is 0 Å². The van der Waals surface area contributed by atoms with Gasteiger partial charge in [0.15, 0.2) is 0 Å². The van der Waals surface area contributed by atoms with Gasteiger partial charge in [0.1, 0.15) is 10.4 Å². The van der Waals surface area contributed by atoms with Crippen LogP contribution in [-0.2, 0) is 0 Å². The van der Waals surface area contributed by atoms with Gasteiger partial charge in [-0.2, -0.15) is 4.98 Å². The van der Waals surface area contributed by atoms with Crippen molar-refractivity contribution < 1.29 is 4.74 Å². The van der Waals surface area contributed by atoms with Crippen molar-refractivity contribution in [2.24, 2.45) is 5.92 Å². The lowest BCUT2D eigenvalue weighted by molar-refractivity contribution is 0.202. The minimum Gasteiger partial charge on any atom is -0.477 e. The molecule has 1 heterocycles. The van der Waals surface area contributed by atoms with Gasteiger partial charge in [-0.3, -0.25) is 0 Å². The summed E-state index contributed by atoms with van der Waals surface area (Å²) in [5, 5.41) is 0. The number of hydrogen-bond donors (Lipinski definition) is 0. The molecule has 18 heavy (non-hydrogen) atoms. The first kappa shape index (κ1) is 12.4. The molecule has 0 amide bonds. The zero-order valence-electron chi connectivity index (χ0n) is 10.6. The minimum absolute atomic E-state index is 0.569. The van der Waals surface area contributed by atoms with Crippen molar-refractivity contribution in [2.45, 2.75) is 50.9 Å². The molecule has 2 saturated carbocycles. The molecule has 0 radical (unpaired) electrons. The van der Waals surface area contributed by atoms with Crippen LogP contribution in [0.15, 0.2) is 10.7 Å². The van der Waals surface area contributed by atoms with Crippen LogP contribution in [0.25, 0.3) is 0 Å². The molecule has 2 aliphatic carbocycles. The number of nitrogens with zero attached hydrogens (tertiary/aromatic N) is 2. The number of ether oxygens (including phenoxy) is 1.